The summed E-state index contributed by atoms with van der Waals surface area (Å²) in [6.07, 6.45) is 2.84. The Balaban J connectivity index is 2.31. The molecule has 1 aliphatic rings. The molecule has 0 bridgehead atoms. The first-order valence-electron chi connectivity index (χ1n) is 8.64. The van der Waals surface area contributed by atoms with Crippen LogP contribution in [0.4, 0.5) is 0 Å². The molecule has 1 aromatic carbocycles. The van der Waals surface area contributed by atoms with Crippen molar-refractivity contribution in [3.05, 3.63) is 45.8 Å². The molecule has 24 heavy (non-hydrogen) atoms. The summed E-state index contributed by atoms with van der Waals surface area (Å²) in [5.41, 5.74) is 4.06. The summed E-state index contributed by atoms with van der Waals surface area (Å²) in [4.78, 5) is 14.4. The smallest absolute Gasteiger partial charge is 0.337 e. The first-order valence-corrected chi connectivity index (χ1v) is 9.45. The van der Waals surface area contributed by atoms with E-state index in [9.17, 15) is 9.90 Å². The van der Waals surface area contributed by atoms with Crippen molar-refractivity contribution in [3.63, 3.8) is 0 Å². The van der Waals surface area contributed by atoms with Crippen LogP contribution < -0.4 is 0 Å². The van der Waals surface area contributed by atoms with Gasteiger partial charge in [-0.3, -0.25) is 0 Å². The van der Waals surface area contributed by atoms with Crippen molar-refractivity contribution in [3.8, 4) is 10.4 Å². The summed E-state index contributed by atoms with van der Waals surface area (Å²) in [6.45, 7) is 9.01. The molecule has 2 aromatic rings. The maximum atomic E-state index is 12.2. The molecule has 0 spiro atoms. The number of thiophene rings is 1. The Labute approximate surface area is 149 Å². The maximum Gasteiger partial charge on any atom is 0.337 e. The van der Waals surface area contributed by atoms with Gasteiger partial charge in [0.25, 0.3) is 0 Å². The Kier molecular flexibility index (Phi) is 4.15. The van der Waals surface area contributed by atoms with Crippen LogP contribution in [0.1, 0.15) is 60.5 Å². The molecule has 0 unspecified atom stereocenters. The molecular weight excluding hydrogens is 315 g/mol. The number of carboxylic acid groups (broad SMARTS) is 1. The largest absolute Gasteiger partial charge is 0.478 e. The van der Waals surface area contributed by atoms with E-state index in [1.807, 2.05) is 12.1 Å². The molecule has 0 aliphatic heterocycles. The number of aromatic carboxylic acids is 1. The van der Waals surface area contributed by atoms with E-state index in [0.29, 0.717) is 5.56 Å². The second kappa shape index (κ2) is 5.77. The van der Waals surface area contributed by atoms with E-state index in [2.05, 4.69) is 47.7 Å². The average molecular weight is 340 g/mol. The minimum atomic E-state index is -0.790. The number of fused-ring (bicyclic) bond motifs is 1. The molecule has 1 aromatic heterocycles. The molecule has 0 fully saturated rings. The molecular formula is C20H25BO2S. The van der Waals surface area contributed by atoms with Crippen molar-refractivity contribution in [2.75, 3.05) is 0 Å². The lowest BCUT2D eigenvalue weighted by molar-refractivity contribution is 0.0695. The molecule has 126 valence electrons. The molecule has 0 saturated carbocycles. The summed E-state index contributed by atoms with van der Waals surface area (Å²) >= 11 is 1.70. The SMILES string of the molecule is BCc1ccccc1-c1sc2c(c1C(=O)O)CC(C)(C)CC2(C)C. The lowest BCUT2D eigenvalue weighted by atomic mass is 9.65. The van der Waals surface area contributed by atoms with Crippen molar-refractivity contribution >= 4 is 25.2 Å². The van der Waals surface area contributed by atoms with Crippen LogP contribution in [0.25, 0.3) is 10.4 Å². The number of carbonyl (C=O) groups is 1. The molecule has 1 N–H and O–H groups in total. The number of carboxylic acids is 1. The topological polar surface area (TPSA) is 37.3 Å². The van der Waals surface area contributed by atoms with Crippen LogP contribution in [0.5, 0.6) is 0 Å². The zero-order valence-electron chi connectivity index (χ0n) is 15.2. The zero-order valence-corrected chi connectivity index (χ0v) is 16.0. The van der Waals surface area contributed by atoms with Crippen molar-refractivity contribution in [2.24, 2.45) is 5.41 Å². The van der Waals surface area contributed by atoms with Crippen LogP contribution >= 0.6 is 11.3 Å². The van der Waals surface area contributed by atoms with Gasteiger partial charge >= 0.3 is 5.97 Å². The Morgan fingerprint density at radius 2 is 1.92 bits per heavy atom. The van der Waals surface area contributed by atoms with Gasteiger partial charge in [0.15, 0.2) is 0 Å². The van der Waals surface area contributed by atoms with Gasteiger partial charge in [0.2, 0.25) is 0 Å². The Bertz CT molecular complexity index is 802. The average Bonchev–Trinajstić information content (AvgIpc) is 2.85. The number of hydrogen-bond donors (Lipinski definition) is 1. The molecule has 2 nitrogen and oxygen atoms in total. The minimum Gasteiger partial charge on any atom is -0.478 e. The van der Waals surface area contributed by atoms with Crippen LogP contribution in [-0.2, 0) is 18.2 Å². The highest BCUT2D eigenvalue weighted by atomic mass is 32.1. The monoisotopic (exact) mass is 340 g/mol. The van der Waals surface area contributed by atoms with Gasteiger partial charge in [0, 0.05) is 9.75 Å². The van der Waals surface area contributed by atoms with Crippen molar-refractivity contribution in [2.45, 2.75) is 52.3 Å². The Morgan fingerprint density at radius 1 is 1.25 bits per heavy atom. The van der Waals surface area contributed by atoms with E-state index in [0.717, 1.165) is 35.2 Å². The molecule has 1 aliphatic carbocycles. The van der Waals surface area contributed by atoms with E-state index >= 15 is 0 Å². The second-order valence-electron chi connectivity index (χ2n) is 8.33. The lowest BCUT2D eigenvalue weighted by Gasteiger charge is -2.40. The third-order valence-electron chi connectivity index (χ3n) is 5.05. The highest BCUT2D eigenvalue weighted by molar-refractivity contribution is 7.16. The third-order valence-corrected chi connectivity index (χ3v) is 6.69. The highest BCUT2D eigenvalue weighted by Gasteiger charge is 2.42. The first-order chi connectivity index (χ1) is 11.2. The predicted octanol–water partition coefficient (Wildman–Crippen LogP) is 4.50. The van der Waals surface area contributed by atoms with Crippen LogP contribution in [0.15, 0.2) is 24.3 Å². The summed E-state index contributed by atoms with van der Waals surface area (Å²) in [5, 5.41) is 9.98. The van der Waals surface area contributed by atoms with E-state index < -0.39 is 5.97 Å². The quantitative estimate of drug-likeness (QED) is 0.836. The van der Waals surface area contributed by atoms with Gasteiger partial charge in [-0.25, -0.2) is 4.79 Å². The van der Waals surface area contributed by atoms with Crippen molar-refractivity contribution < 1.29 is 9.90 Å². The van der Waals surface area contributed by atoms with Crippen LogP contribution in [0.2, 0.25) is 0 Å². The third kappa shape index (κ3) is 2.81. The van der Waals surface area contributed by atoms with Gasteiger partial charge in [-0.1, -0.05) is 58.3 Å². The number of benzene rings is 1. The molecule has 4 heteroatoms. The van der Waals surface area contributed by atoms with E-state index in [1.165, 1.54) is 10.4 Å². The lowest BCUT2D eigenvalue weighted by Crippen LogP contribution is -2.34. The summed E-state index contributed by atoms with van der Waals surface area (Å²) in [5.74, 6) is -0.790. The van der Waals surface area contributed by atoms with Crippen LogP contribution in [0, 0.1) is 5.41 Å². The zero-order chi connectivity index (χ0) is 17.7. The number of rotatable bonds is 3. The highest BCUT2D eigenvalue weighted by Crippen LogP contribution is 2.52. The number of hydrogen-bond acceptors (Lipinski definition) is 2. The summed E-state index contributed by atoms with van der Waals surface area (Å²) in [6, 6.07) is 8.21. The van der Waals surface area contributed by atoms with E-state index in [4.69, 9.17) is 0 Å². The van der Waals surface area contributed by atoms with Gasteiger partial charge in [-0.15, -0.1) is 11.3 Å². The molecule has 0 atom stereocenters. The molecule has 0 amide bonds. The van der Waals surface area contributed by atoms with E-state index in [-0.39, 0.29) is 10.8 Å². The fourth-order valence-electron chi connectivity index (χ4n) is 4.46. The fraction of sp³-hybridized carbons (Fsp3) is 0.450. The Hall–Kier alpha value is -1.55. The molecule has 0 saturated heterocycles. The molecule has 0 radical (unpaired) electrons. The minimum absolute atomic E-state index is 0.0192. The molecule has 1 heterocycles. The van der Waals surface area contributed by atoms with Gasteiger partial charge < -0.3 is 5.11 Å². The first kappa shape index (κ1) is 17.3. The maximum absolute atomic E-state index is 12.2. The summed E-state index contributed by atoms with van der Waals surface area (Å²) < 4.78 is 0. The van der Waals surface area contributed by atoms with Gasteiger partial charge in [0.05, 0.1) is 5.56 Å². The molecule has 3 rings (SSSR count). The van der Waals surface area contributed by atoms with Crippen molar-refractivity contribution in [1.29, 1.82) is 0 Å². The standard InChI is InChI=1S/C20H25BO2S/c1-19(2)9-14-15(18(22)23)16(24-17(14)20(3,4)11-19)13-8-6-5-7-12(13)10-21/h5-8H,9-11,21H2,1-4H3,(H,22,23). The van der Waals surface area contributed by atoms with Crippen LogP contribution in [0.3, 0.4) is 0 Å². The predicted molar refractivity (Wildman–Crippen MR) is 104 cm³/mol. The summed E-state index contributed by atoms with van der Waals surface area (Å²) in [7, 11) is 2.12. The van der Waals surface area contributed by atoms with E-state index in [1.54, 1.807) is 11.3 Å². The Morgan fingerprint density at radius 3 is 2.54 bits per heavy atom. The second-order valence-corrected chi connectivity index (χ2v) is 9.35. The van der Waals surface area contributed by atoms with Gasteiger partial charge in [0.1, 0.15) is 7.85 Å². The van der Waals surface area contributed by atoms with Crippen LogP contribution in [-0.4, -0.2) is 18.9 Å². The van der Waals surface area contributed by atoms with Gasteiger partial charge in [-0.05, 0) is 40.4 Å². The fourth-order valence-corrected chi connectivity index (χ4v) is 5.94. The van der Waals surface area contributed by atoms with Gasteiger partial charge in [-0.2, -0.15) is 0 Å². The normalized spacial score (nSPS) is 18.2. The van der Waals surface area contributed by atoms with Crippen molar-refractivity contribution in [1.82, 2.24) is 0 Å².